The number of nitro benzene ring substituents is 1. The van der Waals surface area contributed by atoms with Gasteiger partial charge in [-0.1, -0.05) is 12.8 Å². The number of rotatable bonds is 4. The lowest BCUT2D eigenvalue weighted by atomic mass is 9.91. The molecule has 7 nitrogen and oxygen atoms in total. The largest absolute Gasteiger partial charge is 0.310 e. The van der Waals surface area contributed by atoms with Crippen LogP contribution < -0.4 is 10.0 Å². The number of benzene rings is 1. The van der Waals surface area contributed by atoms with E-state index in [9.17, 15) is 18.5 Å². The molecule has 120 valence electrons. The number of sulfonamides is 1. The molecule has 0 radical (unpaired) electrons. The van der Waals surface area contributed by atoms with Crippen molar-refractivity contribution in [2.75, 3.05) is 6.54 Å². The zero-order valence-corrected chi connectivity index (χ0v) is 12.9. The molecule has 1 aliphatic heterocycles. The van der Waals surface area contributed by atoms with E-state index in [1.54, 1.807) is 0 Å². The summed E-state index contributed by atoms with van der Waals surface area (Å²) in [5, 5.41) is 14.1. The predicted molar refractivity (Wildman–Crippen MR) is 81.0 cm³/mol. The highest BCUT2D eigenvalue weighted by Crippen LogP contribution is 2.37. The highest BCUT2D eigenvalue weighted by molar-refractivity contribution is 7.89. The van der Waals surface area contributed by atoms with Crippen LogP contribution in [0.1, 0.15) is 32.1 Å². The Morgan fingerprint density at radius 2 is 1.86 bits per heavy atom. The van der Waals surface area contributed by atoms with E-state index in [2.05, 4.69) is 10.0 Å². The maximum absolute atomic E-state index is 12.5. The summed E-state index contributed by atoms with van der Waals surface area (Å²) >= 11 is 0. The molecule has 1 aromatic rings. The first-order valence-electron chi connectivity index (χ1n) is 7.45. The molecular formula is C14H19N3O4S. The minimum atomic E-state index is -3.66. The van der Waals surface area contributed by atoms with Crippen LogP contribution in [0.5, 0.6) is 0 Å². The van der Waals surface area contributed by atoms with Crippen molar-refractivity contribution in [3.05, 3.63) is 34.4 Å². The van der Waals surface area contributed by atoms with Gasteiger partial charge in [-0.2, -0.15) is 0 Å². The summed E-state index contributed by atoms with van der Waals surface area (Å²) in [5.74, 6) is 0. The van der Waals surface area contributed by atoms with Crippen molar-refractivity contribution in [2.24, 2.45) is 0 Å². The van der Waals surface area contributed by atoms with E-state index in [1.165, 1.54) is 24.3 Å². The molecule has 0 bridgehead atoms. The molecule has 22 heavy (non-hydrogen) atoms. The highest BCUT2D eigenvalue weighted by atomic mass is 32.2. The normalized spacial score (nSPS) is 23.9. The second kappa shape index (κ2) is 5.60. The molecule has 1 spiro atoms. The van der Waals surface area contributed by atoms with Crippen molar-refractivity contribution in [3.63, 3.8) is 0 Å². The van der Waals surface area contributed by atoms with Gasteiger partial charge < -0.3 is 5.32 Å². The Morgan fingerprint density at radius 3 is 2.45 bits per heavy atom. The van der Waals surface area contributed by atoms with Gasteiger partial charge >= 0.3 is 0 Å². The van der Waals surface area contributed by atoms with E-state index in [0.29, 0.717) is 0 Å². The number of non-ortho nitro benzene ring substituents is 1. The third-order valence-corrected chi connectivity index (χ3v) is 6.22. The summed E-state index contributed by atoms with van der Waals surface area (Å²) in [6.07, 6.45) is 4.97. The van der Waals surface area contributed by atoms with Crippen LogP contribution in [0, 0.1) is 10.1 Å². The number of nitro groups is 1. The van der Waals surface area contributed by atoms with Crippen LogP contribution in [-0.2, 0) is 10.0 Å². The van der Waals surface area contributed by atoms with Crippen molar-refractivity contribution in [1.82, 2.24) is 10.0 Å². The number of nitrogens with zero attached hydrogens (tertiary/aromatic N) is 1. The predicted octanol–water partition coefficient (Wildman–Crippen LogP) is 1.55. The van der Waals surface area contributed by atoms with E-state index < -0.39 is 14.9 Å². The van der Waals surface area contributed by atoms with Crippen LogP contribution in [0.3, 0.4) is 0 Å². The van der Waals surface area contributed by atoms with Gasteiger partial charge in [0.15, 0.2) is 0 Å². The van der Waals surface area contributed by atoms with Gasteiger partial charge in [0.1, 0.15) is 0 Å². The summed E-state index contributed by atoms with van der Waals surface area (Å²) in [6, 6.07) is 4.88. The molecule has 2 N–H and O–H groups in total. The molecule has 0 aromatic heterocycles. The summed E-state index contributed by atoms with van der Waals surface area (Å²) in [7, 11) is -3.66. The summed E-state index contributed by atoms with van der Waals surface area (Å²) in [5.41, 5.74) is -0.234. The Labute approximate surface area is 129 Å². The molecule has 2 aliphatic rings. The van der Waals surface area contributed by atoms with Gasteiger partial charge in [0.05, 0.1) is 9.82 Å². The monoisotopic (exact) mass is 325 g/mol. The van der Waals surface area contributed by atoms with E-state index in [0.717, 1.165) is 38.6 Å². The molecule has 1 unspecified atom stereocenters. The van der Waals surface area contributed by atoms with Crippen LogP contribution in [0.2, 0.25) is 0 Å². The topological polar surface area (TPSA) is 101 Å². The fraction of sp³-hybridized carbons (Fsp3) is 0.571. The second-order valence-corrected chi connectivity index (χ2v) is 7.72. The average molecular weight is 325 g/mol. The Kier molecular flexibility index (Phi) is 3.92. The zero-order chi connectivity index (χ0) is 15.8. The lowest BCUT2D eigenvalue weighted by Gasteiger charge is -2.31. The van der Waals surface area contributed by atoms with E-state index in [1.807, 2.05) is 0 Å². The third kappa shape index (κ3) is 2.73. The number of hydrogen-bond acceptors (Lipinski definition) is 5. The fourth-order valence-corrected chi connectivity index (χ4v) is 4.92. The summed E-state index contributed by atoms with van der Waals surface area (Å²) in [4.78, 5) is 10.2. The first kappa shape index (κ1) is 15.4. The Balaban J connectivity index is 1.79. The fourth-order valence-electron chi connectivity index (χ4n) is 3.57. The molecule has 1 saturated carbocycles. The average Bonchev–Trinajstić information content (AvgIpc) is 3.10. The summed E-state index contributed by atoms with van der Waals surface area (Å²) in [6.45, 7) is 0.813. The van der Waals surface area contributed by atoms with Crippen molar-refractivity contribution in [3.8, 4) is 0 Å². The Hall–Kier alpha value is -1.51. The quantitative estimate of drug-likeness (QED) is 0.646. The van der Waals surface area contributed by atoms with Gasteiger partial charge in [-0.25, -0.2) is 13.1 Å². The summed E-state index contributed by atoms with van der Waals surface area (Å²) < 4.78 is 27.8. The lowest BCUT2D eigenvalue weighted by Crippen LogP contribution is -2.53. The number of nitrogens with one attached hydrogen (secondary N) is 2. The first-order valence-corrected chi connectivity index (χ1v) is 8.93. The Bertz CT molecular complexity index is 660. The van der Waals surface area contributed by atoms with Crippen LogP contribution in [0.4, 0.5) is 5.69 Å². The second-order valence-electron chi connectivity index (χ2n) is 6.00. The van der Waals surface area contributed by atoms with E-state index in [-0.39, 0.29) is 22.2 Å². The van der Waals surface area contributed by atoms with Crippen LogP contribution in [0.25, 0.3) is 0 Å². The minimum Gasteiger partial charge on any atom is -0.310 e. The molecule has 2 fully saturated rings. The van der Waals surface area contributed by atoms with Crippen molar-refractivity contribution in [1.29, 1.82) is 0 Å². The third-order valence-electron chi connectivity index (χ3n) is 4.73. The molecule has 3 rings (SSSR count). The highest BCUT2D eigenvalue weighted by Gasteiger charge is 2.46. The molecule has 0 amide bonds. The van der Waals surface area contributed by atoms with Gasteiger partial charge in [-0.3, -0.25) is 10.1 Å². The SMILES string of the molecule is O=[N+]([O-])c1ccc(S(=O)(=O)NC2CCNC23CCCC3)cc1. The van der Waals surface area contributed by atoms with E-state index >= 15 is 0 Å². The van der Waals surface area contributed by atoms with Gasteiger partial charge in [-0.05, 0) is 37.9 Å². The van der Waals surface area contributed by atoms with Crippen molar-refractivity contribution in [2.45, 2.75) is 48.6 Å². The van der Waals surface area contributed by atoms with Crippen LogP contribution in [-0.4, -0.2) is 31.5 Å². The maximum Gasteiger partial charge on any atom is 0.269 e. The van der Waals surface area contributed by atoms with E-state index in [4.69, 9.17) is 0 Å². The zero-order valence-electron chi connectivity index (χ0n) is 12.1. The molecular weight excluding hydrogens is 306 g/mol. The maximum atomic E-state index is 12.5. The Morgan fingerprint density at radius 1 is 1.23 bits per heavy atom. The lowest BCUT2D eigenvalue weighted by molar-refractivity contribution is -0.384. The molecule has 1 aromatic carbocycles. The minimum absolute atomic E-state index is 0.0677. The smallest absolute Gasteiger partial charge is 0.269 e. The van der Waals surface area contributed by atoms with Gasteiger partial charge in [0.2, 0.25) is 10.0 Å². The van der Waals surface area contributed by atoms with Gasteiger partial charge in [-0.15, -0.1) is 0 Å². The number of hydrogen-bond donors (Lipinski definition) is 2. The van der Waals surface area contributed by atoms with Crippen molar-refractivity contribution >= 4 is 15.7 Å². The molecule has 1 heterocycles. The van der Waals surface area contributed by atoms with Crippen LogP contribution >= 0.6 is 0 Å². The molecule has 8 heteroatoms. The molecule has 1 atom stereocenters. The molecule has 1 aliphatic carbocycles. The standard InChI is InChI=1S/C14H19N3O4S/c18-17(19)11-3-5-12(6-4-11)22(20,21)16-13-7-10-15-14(13)8-1-2-9-14/h3-6,13,15-16H,1-2,7-10H2. The molecule has 1 saturated heterocycles. The van der Waals surface area contributed by atoms with Gasteiger partial charge in [0, 0.05) is 23.7 Å². The van der Waals surface area contributed by atoms with Gasteiger partial charge in [0.25, 0.3) is 5.69 Å². The first-order chi connectivity index (χ1) is 10.4. The van der Waals surface area contributed by atoms with Crippen molar-refractivity contribution < 1.29 is 13.3 Å². The van der Waals surface area contributed by atoms with Crippen LogP contribution in [0.15, 0.2) is 29.2 Å².